The molecular weight excluding hydrogens is 532 g/mol. The highest BCUT2D eigenvalue weighted by atomic mass is 28.4. The van der Waals surface area contributed by atoms with Gasteiger partial charge in [-0.3, -0.25) is 9.48 Å². The fourth-order valence-electron chi connectivity index (χ4n) is 6.84. The van der Waals surface area contributed by atoms with Crippen molar-refractivity contribution in [1.29, 1.82) is 0 Å². The molecule has 3 aromatic rings. The number of rotatable bonds is 11. The Balaban J connectivity index is 1.22. The quantitative estimate of drug-likeness (QED) is 0.315. The van der Waals surface area contributed by atoms with Gasteiger partial charge in [-0.2, -0.15) is 0 Å². The molecule has 220 valence electrons. The molecule has 2 saturated heterocycles. The number of aromatic nitrogens is 3. The molecule has 1 amide bonds. The number of aliphatic hydroxyl groups is 1. The summed E-state index contributed by atoms with van der Waals surface area (Å²) < 4.78 is 8.51. The number of hydrogen-bond donors (Lipinski definition) is 2. The summed E-state index contributed by atoms with van der Waals surface area (Å²) in [5, 5.41) is 18.7. The molecule has 1 unspecified atom stereocenters. The van der Waals surface area contributed by atoms with E-state index < -0.39 is 8.32 Å². The number of anilines is 1. The number of aryl methyl sites for hydroxylation is 2. The van der Waals surface area contributed by atoms with Crippen molar-refractivity contribution in [2.45, 2.75) is 88.8 Å². The Kier molecular flexibility index (Phi) is 9.38. The van der Waals surface area contributed by atoms with Crippen LogP contribution in [-0.2, 0) is 22.5 Å². The summed E-state index contributed by atoms with van der Waals surface area (Å²) in [6.45, 7) is 7.66. The van der Waals surface area contributed by atoms with Gasteiger partial charge < -0.3 is 19.5 Å². The minimum Gasteiger partial charge on any atom is -0.432 e. The Hall–Kier alpha value is -2.85. The molecule has 0 spiro atoms. The van der Waals surface area contributed by atoms with Gasteiger partial charge in [0, 0.05) is 36.9 Å². The van der Waals surface area contributed by atoms with E-state index in [0.29, 0.717) is 13.0 Å². The van der Waals surface area contributed by atoms with Crippen molar-refractivity contribution in [2.24, 2.45) is 5.92 Å². The number of ether oxygens (including phenoxy) is 1. The van der Waals surface area contributed by atoms with Gasteiger partial charge in [0.25, 0.3) is 0 Å². The summed E-state index contributed by atoms with van der Waals surface area (Å²) in [5.41, 5.74) is 4.10. The fourth-order valence-corrected chi connectivity index (χ4v) is 9.50. The van der Waals surface area contributed by atoms with Crippen LogP contribution in [0.25, 0.3) is 0 Å². The van der Waals surface area contributed by atoms with Gasteiger partial charge in [0.05, 0.1) is 30.4 Å². The maximum absolute atomic E-state index is 12.4. The maximum atomic E-state index is 12.4. The third-order valence-electron chi connectivity index (χ3n) is 8.92. The Labute approximate surface area is 244 Å². The normalized spacial score (nSPS) is 24.1. The molecule has 5 rings (SSSR count). The number of piperidine rings is 1. The zero-order chi connectivity index (χ0) is 29.0. The molecule has 8 nitrogen and oxygen atoms in total. The average Bonchev–Trinajstić information content (AvgIpc) is 3.56. The highest BCUT2D eigenvalue weighted by molar-refractivity contribution is 6.71. The first-order valence-corrected chi connectivity index (χ1v) is 18.1. The second-order valence-corrected chi connectivity index (χ2v) is 16.3. The predicted octanol–water partition coefficient (Wildman–Crippen LogP) is 4.91. The zero-order valence-electron chi connectivity index (χ0n) is 24.5. The highest BCUT2D eigenvalue weighted by Crippen LogP contribution is 2.45. The smallest absolute Gasteiger partial charge is 0.226 e. The van der Waals surface area contributed by atoms with Gasteiger partial charge in [-0.25, -0.2) is 0 Å². The molecule has 2 N–H and O–H groups in total. The maximum Gasteiger partial charge on any atom is 0.226 e. The second-order valence-electron chi connectivity index (χ2n) is 12.3. The second kappa shape index (κ2) is 13.0. The number of carbonyl (C=O) groups excluding carboxylic acids is 1. The van der Waals surface area contributed by atoms with Crippen molar-refractivity contribution in [3.63, 3.8) is 0 Å². The summed E-state index contributed by atoms with van der Waals surface area (Å²) >= 11 is 0. The van der Waals surface area contributed by atoms with Gasteiger partial charge in [-0.15, -0.1) is 5.10 Å². The van der Waals surface area contributed by atoms with Gasteiger partial charge in [0.2, 0.25) is 5.91 Å². The summed E-state index contributed by atoms with van der Waals surface area (Å²) in [6.07, 6.45) is 7.08. The summed E-state index contributed by atoms with van der Waals surface area (Å²) in [5.74, 6) is 0.259. The number of carbonyl (C=O) groups is 1. The number of aliphatic hydroxyl groups excluding tert-OH is 1. The molecule has 5 atom stereocenters. The van der Waals surface area contributed by atoms with Crippen LogP contribution in [0.3, 0.4) is 0 Å². The number of hydrogen-bond acceptors (Lipinski definition) is 6. The SMILES string of the molecule is C[C@@H]1[C@@H]([Si](C)(C)O)[C@H](CCn2cc(C(CO)c3ccccc3)nn2)O[C@@H]1CCc1cccc(N2CCCCC2=O)c1. The molecule has 41 heavy (non-hydrogen) atoms. The van der Waals surface area contributed by atoms with Crippen molar-refractivity contribution in [2.75, 3.05) is 18.1 Å². The van der Waals surface area contributed by atoms with Crippen LogP contribution in [0.4, 0.5) is 5.69 Å². The predicted molar refractivity (Wildman–Crippen MR) is 162 cm³/mol. The fraction of sp³-hybridized carbons (Fsp3) is 0.531. The minimum absolute atomic E-state index is 0.0305. The standard InChI is InChI=1S/C32H44N4O4Si/c1-23-29(16-15-24-10-9-13-26(20-24)36-18-8-7-14-31(36)38)40-30(32(23)41(2,3)39)17-19-35-21-28(33-34-35)27(22-37)25-11-5-4-6-12-25/h4-6,9-13,20-21,23,27,29-30,32,37,39H,7-8,14-19,22H2,1-3H3/t23-,27?,29+,30-,32+/m0/s1. The van der Waals surface area contributed by atoms with Crippen LogP contribution in [0.15, 0.2) is 60.8 Å². The van der Waals surface area contributed by atoms with E-state index in [1.165, 1.54) is 5.56 Å². The van der Waals surface area contributed by atoms with Crippen LogP contribution in [-0.4, -0.2) is 64.5 Å². The van der Waals surface area contributed by atoms with Crippen LogP contribution >= 0.6 is 0 Å². The van der Waals surface area contributed by atoms with E-state index >= 15 is 0 Å². The van der Waals surface area contributed by atoms with Crippen LogP contribution in [0.2, 0.25) is 18.6 Å². The zero-order valence-corrected chi connectivity index (χ0v) is 25.5. The Morgan fingerprint density at radius 2 is 1.88 bits per heavy atom. The lowest BCUT2D eigenvalue weighted by Crippen LogP contribution is -2.40. The first-order chi connectivity index (χ1) is 19.7. The molecule has 1 aromatic heterocycles. The van der Waals surface area contributed by atoms with Gasteiger partial charge in [-0.05, 0) is 74.4 Å². The van der Waals surface area contributed by atoms with Crippen LogP contribution in [0.1, 0.15) is 61.8 Å². The van der Waals surface area contributed by atoms with Crippen molar-refractivity contribution >= 4 is 19.9 Å². The van der Waals surface area contributed by atoms with E-state index in [0.717, 1.165) is 55.6 Å². The third-order valence-corrected chi connectivity index (χ3v) is 11.5. The van der Waals surface area contributed by atoms with E-state index in [1.807, 2.05) is 71.3 Å². The molecule has 2 aliphatic heterocycles. The van der Waals surface area contributed by atoms with Gasteiger partial charge in [0.15, 0.2) is 8.32 Å². The lowest BCUT2D eigenvalue weighted by molar-refractivity contribution is -0.119. The van der Waals surface area contributed by atoms with E-state index in [4.69, 9.17) is 4.74 Å². The highest BCUT2D eigenvalue weighted by Gasteiger charge is 2.49. The number of nitrogens with zero attached hydrogens (tertiary/aromatic N) is 4. The first-order valence-electron chi connectivity index (χ1n) is 15.1. The Bertz CT molecular complexity index is 1290. The summed E-state index contributed by atoms with van der Waals surface area (Å²) in [6, 6.07) is 18.2. The van der Waals surface area contributed by atoms with Gasteiger partial charge in [-0.1, -0.05) is 54.6 Å². The number of amides is 1. The first kappa shape index (κ1) is 29.6. The van der Waals surface area contributed by atoms with Crippen LogP contribution in [0.5, 0.6) is 0 Å². The Morgan fingerprint density at radius 3 is 2.61 bits per heavy atom. The molecular formula is C32H44N4O4Si. The molecule has 2 aliphatic rings. The lowest BCUT2D eigenvalue weighted by Gasteiger charge is -2.30. The van der Waals surface area contributed by atoms with Gasteiger partial charge in [0.1, 0.15) is 0 Å². The van der Waals surface area contributed by atoms with Crippen molar-refractivity contribution < 1.29 is 19.4 Å². The Morgan fingerprint density at radius 1 is 1.07 bits per heavy atom. The molecule has 0 bridgehead atoms. The van der Waals surface area contributed by atoms with E-state index in [1.54, 1.807) is 0 Å². The molecule has 0 aliphatic carbocycles. The average molecular weight is 577 g/mol. The van der Waals surface area contributed by atoms with E-state index in [-0.39, 0.29) is 42.1 Å². The molecule has 2 fully saturated rings. The number of benzene rings is 2. The molecule has 9 heteroatoms. The largest absolute Gasteiger partial charge is 0.432 e. The van der Waals surface area contributed by atoms with Crippen LogP contribution in [0, 0.1) is 5.92 Å². The monoisotopic (exact) mass is 576 g/mol. The summed E-state index contributed by atoms with van der Waals surface area (Å²) in [4.78, 5) is 25.6. The minimum atomic E-state index is -2.49. The van der Waals surface area contributed by atoms with Crippen molar-refractivity contribution in [3.8, 4) is 0 Å². The van der Waals surface area contributed by atoms with E-state index in [2.05, 4.69) is 29.4 Å². The van der Waals surface area contributed by atoms with Crippen molar-refractivity contribution in [3.05, 3.63) is 77.6 Å². The lowest BCUT2D eigenvalue weighted by atomic mass is 9.95. The molecule has 3 heterocycles. The topological polar surface area (TPSA) is 101 Å². The van der Waals surface area contributed by atoms with E-state index in [9.17, 15) is 14.7 Å². The molecule has 0 radical (unpaired) electrons. The van der Waals surface area contributed by atoms with Crippen LogP contribution < -0.4 is 4.90 Å². The molecule has 2 aromatic carbocycles. The van der Waals surface area contributed by atoms with Crippen molar-refractivity contribution in [1.82, 2.24) is 15.0 Å². The van der Waals surface area contributed by atoms with Gasteiger partial charge >= 0.3 is 0 Å². The third kappa shape index (κ3) is 6.97. The molecule has 0 saturated carbocycles. The summed E-state index contributed by atoms with van der Waals surface area (Å²) in [7, 11) is -2.49.